The van der Waals surface area contributed by atoms with Gasteiger partial charge in [-0.2, -0.15) is 4.98 Å². The van der Waals surface area contributed by atoms with E-state index in [1.807, 2.05) is 12.1 Å². The summed E-state index contributed by atoms with van der Waals surface area (Å²) in [6.07, 6.45) is 0.194. The van der Waals surface area contributed by atoms with E-state index in [4.69, 9.17) is 4.52 Å². The van der Waals surface area contributed by atoms with E-state index in [0.29, 0.717) is 36.9 Å². The summed E-state index contributed by atoms with van der Waals surface area (Å²) in [6, 6.07) is 7.03. The molecule has 1 aliphatic heterocycles. The standard InChI is InChI=1S/C14H16N4O3/c1-9-15-13(17-21-9)10-3-2-4-11(7-10)16-14(20)18-6-5-12(19)8-18/h2-4,7,12,19H,5-6,8H2,1H3,(H,16,20)/t12-/m0/s1. The van der Waals surface area contributed by atoms with Gasteiger partial charge in [0.15, 0.2) is 0 Å². The number of benzene rings is 1. The minimum atomic E-state index is -0.426. The molecule has 0 unspecified atom stereocenters. The van der Waals surface area contributed by atoms with Crippen LogP contribution in [-0.4, -0.2) is 45.4 Å². The third-order valence-corrected chi connectivity index (χ3v) is 3.35. The van der Waals surface area contributed by atoms with Crippen LogP contribution < -0.4 is 5.32 Å². The molecule has 0 radical (unpaired) electrons. The molecule has 1 fully saturated rings. The van der Waals surface area contributed by atoms with Gasteiger partial charge in [-0.1, -0.05) is 17.3 Å². The molecule has 110 valence electrons. The van der Waals surface area contributed by atoms with Crippen molar-refractivity contribution in [2.24, 2.45) is 0 Å². The Morgan fingerprint density at radius 1 is 1.52 bits per heavy atom. The number of aliphatic hydroxyl groups is 1. The molecule has 21 heavy (non-hydrogen) atoms. The summed E-state index contributed by atoms with van der Waals surface area (Å²) in [5, 5.41) is 16.1. The van der Waals surface area contributed by atoms with Gasteiger partial charge in [0.25, 0.3) is 0 Å². The normalized spacial score (nSPS) is 18.0. The lowest BCUT2D eigenvalue weighted by Gasteiger charge is -2.16. The lowest BCUT2D eigenvalue weighted by Crippen LogP contribution is -2.33. The van der Waals surface area contributed by atoms with Crippen molar-refractivity contribution in [3.05, 3.63) is 30.2 Å². The zero-order valence-electron chi connectivity index (χ0n) is 11.6. The average Bonchev–Trinajstić information content (AvgIpc) is 3.08. The van der Waals surface area contributed by atoms with Gasteiger partial charge in [0.2, 0.25) is 11.7 Å². The molecule has 2 heterocycles. The van der Waals surface area contributed by atoms with Crippen molar-refractivity contribution >= 4 is 11.7 Å². The molecule has 2 N–H and O–H groups in total. The van der Waals surface area contributed by atoms with E-state index >= 15 is 0 Å². The third kappa shape index (κ3) is 3.03. The number of aliphatic hydroxyl groups excluding tert-OH is 1. The maximum atomic E-state index is 12.1. The second-order valence-electron chi connectivity index (χ2n) is 5.04. The highest BCUT2D eigenvalue weighted by molar-refractivity contribution is 5.90. The molecule has 1 aromatic heterocycles. The molecule has 0 saturated carbocycles. The Balaban J connectivity index is 1.73. The van der Waals surface area contributed by atoms with Crippen LogP contribution in [0.4, 0.5) is 10.5 Å². The Hall–Kier alpha value is -2.41. The largest absolute Gasteiger partial charge is 0.391 e. The number of β-amino-alcohol motifs (C(OH)–C–C–N with tert-alkyl or cyclic N) is 1. The number of hydrogen-bond donors (Lipinski definition) is 2. The number of nitrogens with one attached hydrogen (secondary N) is 1. The number of rotatable bonds is 2. The first-order valence-electron chi connectivity index (χ1n) is 6.76. The van der Waals surface area contributed by atoms with Gasteiger partial charge in [-0.25, -0.2) is 4.79 Å². The van der Waals surface area contributed by atoms with E-state index in [1.54, 1.807) is 24.0 Å². The van der Waals surface area contributed by atoms with Crippen LogP contribution in [0.3, 0.4) is 0 Å². The molecule has 1 saturated heterocycles. The summed E-state index contributed by atoms with van der Waals surface area (Å²) in [5.74, 6) is 0.977. The number of carbonyl (C=O) groups is 1. The zero-order valence-corrected chi connectivity index (χ0v) is 11.6. The average molecular weight is 288 g/mol. The zero-order chi connectivity index (χ0) is 14.8. The number of nitrogens with zero attached hydrogens (tertiary/aromatic N) is 3. The Bertz CT molecular complexity index is 655. The fourth-order valence-corrected chi connectivity index (χ4v) is 2.28. The number of aromatic nitrogens is 2. The maximum Gasteiger partial charge on any atom is 0.321 e. The van der Waals surface area contributed by atoms with E-state index in [1.165, 1.54) is 0 Å². The molecule has 2 aromatic rings. The third-order valence-electron chi connectivity index (χ3n) is 3.35. The maximum absolute atomic E-state index is 12.1. The summed E-state index contributed by atoms with van der Waals surface area (Å²) in [7, 11) is 0. The number of likely N-dealkylation sites (tertiary alicyclic amines) is 1. The van der Waals surface area contributed by atoms with Crippen LogP contribution >= 0.6 is 0 Å². The van der Waals surface area contributed by atoms with Crippen LogP contribution in [0.15, 0.2) is 28.8 Å². The Labute approximate surface area is 121 Å². The van der Waals surface area contributed by atoms with Crippen LogP contribution in [0.25, 0.3) is 11.4 Å². The highest BCUT2D eigenvalue weighted by Gasteiger charge is 2.24. The molecule has 0 bridgehead atoms. The summed E-state index contributed by atoms with van der Waals surface area (Å²) in [4.78, 5) is 17.8. The number of urea groups is 1. The second kappa shape index (κ2) is 5.53. The van der Waals surface area contributed by atoms with E-state index in [2.05, 4.69) is 15.5 Å². The highest BCUT2D eigenvalue weighted by Crippen LogP contribution is 2.20. The molecule has 1 aliphatic rings. The first-order valence-corrected chi connectivity index (χ1v) is 6.76. The number of anilines is 1. The number of aryl methyl sites for hydroxylation is 1. The van der Waals surface area contributed by atoms with Crippen molar-refractivity contribution in [3.63, 3.8) is 0 Å². The fraction of sp³-hybridized carbons (Fsp3) is 0.357. The quantitative estimate of drug-likeness (QED) is 0.876. The molecule has 1 atom stereocenters. The van der Waals surface area contributed by atoms with Crippen molar-refractivity contribution in [1.82, 2.24) is 15.0 Å². The van der Waals surface area contributed by atoms with Crippen LogP contribution in [0.2, 0.25) is 0 Å². The second-order valence-corrected chi connectivity index (χ2v) is 5.04. The van der Waals surface area contributed by atoms with Gasteiger partial charge in [-0.05, 0) is 18.6 Å². The molecule has 2 amide bonds. The molecule has 7 heteroatoms. The number of carbonyl (C=O) groups excluding carboxylic acids is 1. The van der Waals surface area contributed by atoms with Crippen molar-refractivity contribution in [2.75, 3.05) is 18.4 Å². The van der Waals surface area contributed by atoms with Gasteiger partial charge in [0, 0.05) is 31.3 Å². The minimum absolute atomic E-state index is 0.215. The monoisotopic (exact) mass is 288 g/mol. The summed E-state index contributed by atoms with van der Waals surface area (Å²) >= 11 is 0. The molecule has 3 rings (SSSR count). The predicted octanol–water partition coefficient (Wildman–Crippen LogP) is 1.64. The lowest BCUT2D eigenvalue weighted by atomic mass is 10.2. The smallest absolute Gasteiger partial charge is 0.321 e. The van der Waals surface area contributed by atoms with Crippen molar-refractivity contribution in [2.45, 2.75) is 19.4 Å². The fourth-order valence-electron chi connectivity index (χ4n) is 2.28. The summed E-state index contributed by atoms with van der Waals surface area (Å²) in [6.45, 7) is 2.66. The summed E-state index contributed by atoms with van der Waals surface area (Å²) < 4.78 is 4.95. The first-order chi connectivity index (χ1) is 10.1. The molecule has 1 aromatic carbocycles. The molecule has 7 nitrogen and oxygen atoms in total. The number of amides is 2. The Kier molecular flexibility index (Phi) is 3.57. The van der Waals surface area contributed by atoms with E-state index < -0.39 is 6.10 Å². The van der Waals surface area contributed by atoms with Gasteiger partial charge < -0.3 is 19.8 Å². The Morgan fingerprint density at radius 2 is 2.38 bits per heavy atom. The summed E-state index contributed by atoms with van der Waals surface area (Å²) in [5.41, 5.74) is 1.42. The van der Waals surface area contributed by atoms with Crippen molar-refractivity contribution in [3.8, 4) is 11.4 Å². The molecule has 0 aliphatic carbocycles. The van der Waals surface area contributed by atoms with Crippen LogP contribution in [-0.2, 0) is 0 Å². The number of hydrogen-bond acceptors (Lipinski definition) is 5. The SMILES string of the molecule is Cc1nc(-c2cccc(NC(=O)N3CC[C@H](O)C3)c2)no1. The molecule has 0 spiro atoms. The van der Waals surface area contributed by atoms with Gasteiger partial charge in [0.1, 0.15) is 0 Å². The van der Waals surface area contributed by atoms with Crippen LogP contribution in [0.5, 0.6) is 0 Å². The first kappa shape index (κ1) is 13.6. The van der Waals surface area contributed by atoms with Gasteiger partial charge in [-0.15, -0.1) is 0 Å². The van der Waals surface area contributed by atoms with Crippen LogP contribution in [0, 0.1) is 6.92 Å². The van der Waals surface area contributed by atoms with Gasteiger partial charge in [-0.3, -0.25) is 0 Å². The van der Waals surface area contributed by atoms with Crippen LogP contribution in [0.1, 0.15) is 12.3 Å². The topological polar surface area (TPSA) is 91.5 Å². The van der Waals surface area contributed by atoms with E-state index in [9.17, 15) is 9.90 Å². The molecular weight excluding hydrogens is 272 g/mol. The molecular formula is C14H16N4O3. The van der Waals surface area contributed by atoms with Gasteiger partial charge >= 0.3 is 6.03 Å². The van der Waals surface area contributed by atoms with Crippen molar-refractivity contribution < 1.29 is 14.4 Å². The lowest BCUT2D eigenvalue weighted by molar-refractivity contribution is 0.176. The highest BCUT2D eigenvalue weighted by atomic mass is 16.5. The van der Waals surface area contributed by atoms with Crippen molar-refractivity contribution in [1.29, 1.82) is 0 Å². The minimum Gasteiger partial charge on any atom is -0.391 e. The predicted molar refractivity (Wildman–Crippen MR) is 75.7 cm³/mol. The van der Waals surface area contributed by atoms with E-state index in [-0.39, 0.29) is 6.03 Å². The van der Waals surface area contributed by atoms with Gasteiger partial charge in [0.05, 0.1) is 6.10 Å². The van der Waals surface area contributed by atoms with E-state index in [0.717, 1.165) is 5.56 Å². The Morgan fingerprint density at radius 3 is 3.05 bits per heavy atom.